The number of halogens is 1. The average molecular weight is 291 g/mol. The van der Waals surface area contributed by atoms with Crippen molar-refractivity contribution >= 4 is 28.4 Å². The van der Waals surface area contributed by atoms with Crippen molar-refractivity contribution in [2.45, 2.75) is 32.6 Å². The van der Waals surface area contributed by atoms with E-state index in [4.69, 9.17) is 11.6 Å². The first-order chi connectivity index (χ1) is 9.72. The Labute approximate surface area is 124 Å². The number of nitrogens with zero attached hydrogens (tertiary/aromatic N) is 1. The minimum atomic E-state index is -0.158. The smallest absolute Gasteiger partial charge is 0.269 e. The zero-order valence-electron chi connectivity index (χ0n) is 11.7. The van der Waals surface area contributed by atoms with Crippen LogP contribution in [0.5, 0.6) is 0 Å². The Morgan fingerprint density at radius 2 is 2.05 bits per heavy atom. The number of pyridine rings is 1. The maximum atomic E-state index is 12.0. The van der Waals surface area contributed by atoms with Crippen LogP contribution >= 0.6 is 11.6 Å². The van der Waals surface area contributed by atoms with Crippen LogP contribution in [0.1, 0.15) is 43.1 Å². The van der Waals surface area contributed by atoms with Gasteiger partial charge in [-0.25, -0.2) is 4.98 Å². The largest absolute Gasteiger partial charge is 0.351 e. The number of carbonyl (C=O) groups excluding carboxylic acids is 1. The predicted molar refractivity (Wildman–Crippen MR) is 83.2 cm³/mol. The molecule has 0 spiro atoms. The van der Waals surface area contributed by atoms with Gasteiger partial charge < -0.3 is 5.32 Å². The van der Waals surface area contributed by atoms with Crippen LogP contribution in [0.2, 0.25) is 5.02 Å². The number of nitrogens with one attached hydrogen (secondary N) is 1. The summed E-state index contributed by atoms with van der Waals surface area (Å²) in [7, 11) is 0. The van der Waals surface area contributed by atoms with Gasteiger partial charge in [0.25, 0.3) is 5.91 Å². The van der Waals surface area contributed by atoms with E-state index in [1.807, 2.05) is 24.3 Å². The zero-order chi connectivity index (χ0) is 14.4. The fourth-order valence-corrected chi connectivity index (χ4v) is 2.36. The van der Waals surface area contributed by atoms with E-state index in [2.05, 4.69) is 17.2 Å². The first-order valence-corrected chi connectivity index (χ1v) is 7.43. The standard InChI is InChI=1S/C16H19ClN2O/c1-2-3-4-7-10-18-16(20)15-11-13(17)12-8-5-6-9-14(12)19-15/h5-6,8-9,11H,2-4,7,10H2,1H3,(H,18,20). The van der Waals surface area contributed by atoms with Crippen molar-refractivity contribution in [2.75, 3.05) is 6.54 Å². The third-order valence-electron chi connectivity index (χ3n) is 3.21. The van der Waals surface area contributed by atoms with Crippen LogP contribution in [0.3, 0.4) is 0 Å². The Kier molecular flexibility index (Phi) is 5.36. The lowest BCUT2D eigenvalue weighted by atomic mass is 10.2. The molecular weight excluding hydrogens is 272 g/mol. The number of unbranched alkanes of at least 4 members (excludes halogenated alkanes) is 3. The number of amides is 1. The number of para-hydroxylation sites is 1. The van der Waals surface area contributed by atoms with Gasteiger partial charge in [-0.1, -0.05) is 56.0 Å². The van der Waals surface area contributed by atoms with Crippen molar-refractivity contribution in [3.63, 3.8) is 0 Å². The molecule has 1 N–H and O–H groups in total. The molecule has 0 atom stereocenters. The number of aromatic nitrogens is 1. The van der Waals surface area contributed by atoms with Crippen molar-refractivity contribution in [1.82, 2.24) is 10.3 Å². The molecule has 2 aromatic rings. The molecule has 0 fully saturated rings. The molecular formula is C16H19ClN2O. The molecule has 1 amide bonds. The molecule has 0 saturated heterocycles. The highest BCUT2D eigenvalue weighted by Gasteiger charge is 2.10. The van der Waals surface area contributed by atoms with Gasteiger partial charge in [-0.15, -0.1) is 0 Å². The zero-order valence-corrected chi connectivity index (χ0v) is 12.4. The summed E-state index contributed by atoms with van der Waals surface area (Å²) >= 11 is 6.19. The molecule has 0 saturated carbocycles. The van der Waals surface area contributed by atoms with Gasteiger partial charge in [-0.3, -0.25) is 4.79 Å². The van der Waals surface area contributed by atoms with E-state index in [0.29, 0.717) is 17.3 Å². The fourth-order valence-electron chi connectivity index (χ4n) is 2.09. The van der Waals surface area contributed by atoms with Crippen LogP contribution in [-0.4, -0.2) is 17.4 Å². The second-order valence-corrected chi connectivity index (χ2v) is 5.23. The topological polar surface area (TPSA) is 42.0 Å². The van der Waals surface area contributed by atoms with Gasteiger partial charge in [0.1, 0.15) is 5.69 Å². The van der Waals surface area contributed by atoms with Gasteiger partial charge in [0.05, 0.1) is 10.5 Å². The Bertz CT molecular complexity index is 598. The second-order valence-electron chi connectivity index (χ2n) is 4.82. The molecule has 20 heavy (non-hydrogen) atoms. The molecule has 4 heteroatoms. The number of benzene rings is 1. The van der Waals surface area contributed by atoms with Crippen molar-refractivity contribution in [3.05, 3.63) is 41.0 Å². The number of fused-ring (bicyclic) bond motifs is 1. The predicted octanol–water partition coefficient (Wildman–Crippen LogP) is 4.20. The summed E-state index contributed by atoms with van der Waals surface area (Å²) in [4.78, 5) is 16.4. The van der Waals surface area contributed by atoms with E-state index in [1.54, 1.807) is 6.07 Å². The summed E-state index contributed by atoms with van der Waals surface area (Å²) < 4.78 is 0. The summed E-state index contributed by atoms with van der Waals surface area (Å²) in [5.41, 5.74) is 1.13. The van der Waals surface area contributed by atoms with Gasteiger partial charge >= 0.3 is 0 Å². The van der Waals surface area contributed by atoms with E-state index >= 15 is 0 Å². The van der Waals surface area contributed by atoms with Gasteiger partial charge in [0, 0.05) is 11.9 Å². The van der Waals surface area contributed by atoms with E-state index in [0.717, 1.165) is 23.7 Å². The molecule has 0 radical (unpaired) electrons. The van der Waals surface area contributed by atoms with Gasteiger partial charge in [-0.2, -0.15) is 0 Å². The molecule has 1 heterocycles. The molecule has 0 unspecified atom stereocenters. The third-order valence-corrected chi connectivity index (χ3v) is 3.53. The van der Waals surface area contributed by atoms with Crippen molar-refractivity contribution in [2.24, 2.45) is 0 Å². The van der Waals surface area contributed by atoms with E-state index in [-0.39, 0.29) is 5.91 Å². The Hall–Kier alpha value is -1.61. The lowest BCUT2D eigenvalue weighted by Crippen LogP contribution is -2.25. The molecule has 0 aliphatic carbocycles. The monoisotopic (exact) mass is 290 g/mol. The molecule has 106 valence electrons. The van der Waals surface area contributed by atoms with Crippen molar-refractivity contribution in [3.8, 4) is 0 Å². The second kappa shape index (κ2) is 7.25. The number of carbonyl (C=O) groups is 1. The highest BCUT2D eigenvalue weighted by atomic mass is 35.5. The highest BCUT2D eigenvalue weighted by molar-refractivity contribution is 6.35. The summed E-state index contributed by atoms with van der Waals surface area (Å²) in [6, 6.07) is 9.18. The van der Waals surface area contributed by atoms with Crippen LogP contribution in [-0.2, 0) is 0 Å². The number of hydrogen-bond acceptors (Lipinski definition) is 2. The van der Waals surface area contributed by atoms with Crippen LogP contribution < -0.4 is 5.32 Å². The summed E-state index contributed by atoms with van der Waals surface area (Å²) in [6.45, 7) is 2.85. The first-order valence-electron chi connectivity index (χ1n) is 7.06. The van der Waals surface area contributed by atoms with Crippen LogP contribution in [0, 0.1) is 0 Å². The maximum absolute atomic E-state index is 12.0. The van der Waals surface area contributed by atoms with Crippen LogP contribution in [0.4, 0.5) is 0 Å². The molecule has 2 rings (SSSR count). The average Bonchev–Trinajstić information content (AvgIpc) is 2.47. The van der Waals surface area contributed by atoms with Crippen molar-refractivity contribution in [1.29, 1.82) is 0 Å². The van der Waals surface area contributed by atoms with Gasteiger partial charge in [0.2, 0.25) is 0 Å². The third kappa shape index (κ3) is 3.70. The SMILES string of the molecule is CCCCCCNC(=O)c1cc(Cl)c2ccccc2n1. The first kappa shape index (κ1) is 14.8. The highest BCUT2D eigenvalue weighted by Crippen LogP contribution is 2.22. The van der Waals surface area contributed by atoms with Crippen molar-refractivity contribution < 1.29 is 4.79 Å². The fraction of sp³-hybridized carbons (Fsp3) is 0.375. The van der Waals surface area contributed by atoms with Gasteiger partial charge in [-0.05, 0) is 18.6 Å². The summed E-state index contributed by atoms with van der Waals surface area (Å²) in [5.74, 6) is -0.158. The van der Waals surface area contributed by atoms with E-state index in [1.165, 1.54) is 12.8 Å². The number of hydrogen-bond donors (Lipinski definition) is 1. The molecule has 0 aliphatic heterocycles. The van der Waals surface area contributed by atoms with E-state index < -0.39 is 0 Å². The molecule has 0 aliphatic rings. The maximum Gasteiger partial charge on any atom is 0.269 e. The Morgan fingerprint density at radius 1 is 1.25 bits per heavy atom. The van der Waals surface area contributed by atoms with Gasteiger partial charge in [0.15, 0.2) is 0 Å². The minimum Gasteiger partial charge on any atom is -0.351 e. The van der Waals surface area contributed by atoms with E-state index in [9.17, 15) is 4.79 Å². The summed E-state index contributed by atoms with van der Waals surface area (Å²) in [6.07, 6.45) is 4.54. The lowest BCUT2D eigenvalue weighted by molar-refractivity contribution is 0.0948. The quantitative estimate of drug-likeness (QED) is 0.810. The van der Waals surface area contributed by atoms with Crippen LogP contribution in [0.25, 0.3) is 10.9 Å². The molecule has 1 aromatic heterocycles. The lowest BCUT2D eigenvalue weighted by Gasteiger charge is -2.06. The molecule has 1 aromatic carbocycles. The summed E-state index contributed by atoms with van der Waals surface area (Å²) in [5, 5.41) is 4.32. The van der Waals surface area contributed by atoms with Crippen LogP contribution in [0.15, 0.2) is 30.3 Å². The minimum absolute atomic E-state index is 0.158. The normalized spacial score (nSPS) is 10.7. The Morgan fingerprint density at radius 3 is 2.85 bits per heavy atom. The Balaban J connectivity index is 2.03. The molecule has 0 bridgehead atoms. The molecule has 3 nitrogen and oxygen atoms in total. The number of rotatable bonds is 6.